The van der Waals surface area contributed by atoms with E-state index in [2.05, 4.69) is 24.4 Å². The lowest BCUT2D eigenvalue weighted by atomic mass is 10.1. The summed E-state index contributed by atoms with van der Waals surface area (Å²) in [4.78, 5) is 10.9. The molecule has 104 valence electrons. The highest BCUT2D eigenvalue weighted by atomic mass is 16.4. The summed E-state index contributed by atoms with van der Waals surface area (Å²) >= 11 is 0. The number of nitrogens with one attached hydrogen (secondary N) is 1. The molecule has 20 heavy (non-hydrogen) atoms. The Morgan fingerprint density at radius 1 is 1.20 bits per heavy atom. The molecular weight excluding hydrogens is 254 g/mol. The first-order valence-electron chi connectivity index (χ1n) is 6.42. The molecule has 0 radical (unpaired) electrons. The molecule has 0 atom stereocenters. The van der Waals surface area contributed by atoms with E-state index < -0.39 is 5.97 Å². The summed E-state index contributed by atoms with van der Waals surface area (Å²) in [6.45, 7) is 2.77. The predicted molar refractivity (Wildman–Crippen MR) is 78.4 cm³/mol. The van der Waals surface area contributed by atoms with Gasteiger partial charge in [0.1, 0.15) is 11.3 Å². The van der Waals surface area contributed by atoms with E-state index in [4.69, 9.17) is 5.11 Å². The van der Waals surface area contributed by atoms with Gasteiger partial charge in [-0.25, -0.2) is 4.79 Å². The number of carbonyl (C=O) groups is 1. The minimum absolute atomic E-state index is 0.0918. The fourth-order valence-electron chi connectivity index (χ4n) is 2.05. The van der Waals surface area contributed by atoms with Crippen LogP contribution in [-0.2, 0) is 6.42 Å². The number of hydrogen-bond acceptors (Lipinski definition) is 3. The minimum atomic E-state index is -1.13. The van der Waals surface area contributed by atoms with Gasteiger partial charge in [0.15, 0.2) is 0 Å². The van der Waals surface area contributed by atoms with Crippen LogP contribution < -0.4 is 5.32 Å². The zero-order valence-corrected chi connectivity index (χ0v) is 11.3. The molecule has 0 fully saturated rings. The fourth-order valence-corrected chi connectivity index (χ4v) is 2.05. The molecule has 2 aromatic rings. The van der Waals surface area contributed by atoms with Gasteiger partial charge in [-0.3, -0.25) is 0 Å². The van der Waals surface area contributed by atoms with Crippen LogP contribution >= 0.6 is 0 Å². The van der Waals surface area contributed by atoms with Crippen LogP contribution in [0.25, 0.3) is 0 Å². The number of hydrogen-bond donors (Lipinski definition) is 3. The van der Waals surface area contributed by atoms with Crippen molar-refractivity contribution in [3.63, 3.8) is 0 Å². The number of rotatable bonds is 5. The predicted octanol–water partition coefficient (Wildman–Crippen LogP) is 3.05. The molecule has 3 N–H and O–H groups in total. The van der Waals surface area contributed by atoms with E-state index in [1.165, 1.54) is 23.3 Å². The highest BCUT2D eigenvalue weighted by Crippen LogP contribution is 2.21. The maximum atomic E-state index is 10.9. The number of anilines is 1. The van der Waals surface area contributed by atoms with E-state index in [-0.39, 0.29) is 11.3 Å². The number of carboxylic acids is 1. The number of aryl methyl sites for hydroxylation is 1. The third-order valence-corrected chi connectivity index (χ3v) is 3.21. The van der Waals surface area contributed by atoms with E-state index in [0.717, 1.165) is 6.42 Å². The molecule has 4 nitrogen and oxygen atoms in total. The fraction of sp³-hybridized carbons (Fsp3) is 0.188. The van der Waals surface area contributed by atoms with Gasteiger partial charge in [0.2, 0.25) is 0 Å². The van der Waals surface area contributed by atoms with Crippen molar-refractivity contribution >= 4 is 11.7 Å². The standard InChI is InChI=1S/C16H17NO3/c1-11-4-2-3-5-12(11)8-9-17-13-6-7-15(18)14(10-13)16(19)20/h2-7,10,17-18H,8-9H2,1H3,(H,19,20). The van der Waals surface area contributed by atoms with E-state index in [9.17, 15) is 9.90 Å². The van der Waals surface area contributed by atoms with Crippen molar-refractivity contribution in [1.29, 1.82) is 0 Å². The summed E-state index contributed by atoms with van der Waals surface area (Å²) in [6, 6.07) is 12.7. The monoisotopic (exact) mass is 271 g/mol. The highest BCUT2D eigenvalue weighted by Gasteiger charge is 2.09. The van der Waals surface area contributed by atoms with Crippen molar-refractivity contribution in [2.45, 2.75) is 13.3 Å². The second kappa shape index (κ2) is 6.10. The molecule has 0 bridgehead atoms. The van der Waals surface area contributed by atoms with Crippen LogP contribution in [0.3, 0.4) is 0 Å². The number of aromatic carboxylic acids is 1. The van der Waals surface area contributed by atoms with E-state index >= 15 is 0 Å². The molecule has 0 saturated heterocycles. The Bertz CT molecular complexity index is 623. The first-order valence-corrected chi connectivity index (χ1v) is 6.42. The maximum Gasteiger partial charge on any atom is 0.339 e. The van der Waals surface area contributed by atoms with Crippen LogP contribution in [-0.4, -0.2) is 22.7 Å². The summed E-state index contributed by atoms with van der Waals surface area (Å²) in [7, 11) is 0. The van der Waals surface area contributed by atoms with E-state index in [0.29, 0.717) is 12.2 Å². The topological polar surface area (TPSA) is 69.6 Å². The molecular formula is C16H17NO3. The van der Waals surface area contributed by atoms with Gasteiger partial charge in [-0.15, -0.1) is 0 Å². The first kappa shape index (κ1) is 13.9. The van der Waals surface area contributed by atoms with Crippen LogP contribution in [0, 0.1) is 6.92 Å². The molecule has 0 saturated carbocycles. The molecule has 2 aromatic carbocycles. The minimum Gasteiger partial charge on any atom is -0.507 e. The van der Waals surface area contributed by atoms with Crippen LogP contribution in [0.2, 0.25) is 0 Å². The molecule has 4 heteroatoms. The molecule has 0 heterocycles. The number of carboxylic acid groups (broad SMARTS) is 1. The van der Waals surface area contributed by atoms with Crippen molar-refractivity contribution in [2.24, 2.45) is 0 Å². The molecule has 0 unspecified atom stereocenters. The Balaban J connectivity index is 2.00. The molecule has 2 rings (SSSR count). The van der Waals surface area contributed by atoms with Crippen molar-refractivity contribution in [3.8, 4) is 5.75 Å². The van der Waals surface area contributed by atoms with Gasteiger partial charge in [0.05, 0.1) is 0 Å². The lowest BCUT2D eigenvalue weighted by Gasteiger charge is -2.09. The maximum absolute atomic E-state index is 10.9. The van der Waals surface area contributed by atoms with E-state index in [1.54, 1.807) is 6.07 Å². The normalized spacial score (nSPS) is 10.2. The zero-order valence-electron chi connectivity index (χ0n) is 11.3. The lowest BCUT2D eigenvalue weighted by molar-refractivity contribution is 0.0694. The van der Waals surface area contributed by atoms with Gasteiger partial charge in [-0.2, -0.15) is 0 Å². The van der Waals surface area contributed by atoms with Crippen LogP contribution in [0.1, 0.15) is 21.5 Å². The van der Waals surface area contributed by atoms with Crippen molar-refractivity contribution in [3.05, 3.63) is 59.2 Å². The Morgan fingerprint density at radius 3 is 2.65 bits per heavy atom. The van der Waals surface area contributed by atoms with Gasteiger partial charge >= 0.3 is 5.97 Å². The largest absolute Gasteiger partial charge is 0.507 e. The van der Waals surface area contributed by atoms with Crippen LogP contribution in [0.4, 0.5) is 5.69 Å². The number of benzene rings is 2. The summed E-state index contributed by atoms with van der Waals surface area (Å²) < 4.78 is 0. The molecule has 0 aliphatic rings. The summed E-state index contributed by atoms with van der Waals surface area (Å²) in [5, 5.41) is 21.5. The summed E-state index contributed by atoms with van der Waals surface area (Å²) in [5.41, 5.74) is 3.10. The van der Waals surface area contributed by atoms with Crippen molar-refractivity contribution < 1.29 is 15.0 Å². The Morgan fingerprint density at radius 2 is 1.95 bits per heavy atom. The van der Waals surface area contributed by atoms with Gasteiger partial charge < -0.3 is 15.5 Å². The Kier molecular flexibility index (Phi) is 4.25. The second-order valence-corrected chi connectivity index (χ2v) is 4.64. The number of aromatic hydroxyl groups is 1. The average Bonchev–Trinajstić information content (AvgIpc) is 2.42. The third kappa shape index (κ3) is 3.29. The SMILES string of the molecule is Cc1ccccc1CCNc1ccc(O)c(C(=O)O)c1. The smallest absolute Gasteiger partial charge is 0.339 e. The van der Waals surface area contributed by atoms with Gasteiger partial charge in [-0.05, 0) is 42.7 Å². The summed E-state index contributed by atoms with van der Waals surface area (Å²) in [6.07, 6.45) is 0.857. The third-order valence-electron chi connectivity index (χ3n) is 3.21. The first-order chi connectivity index (χ1) is 9.58. The molecule has 0 amide bonds. The molecule has 0 aromatic heterocycles. The van der Waals surface area contributed by atoms with Gasteiger partial charge in [0, 0.05) is 12.2 Å². The van der Waals surface area contributed by atoms with Crippen LogP contribution in [0.5, 0.6) is 5.75 Å². The van der Waals surface area contributed by atoms with E-state index in [1.807, 2.05) is 12.1 Å². The Hall–Kier alpha value is -2.49. The van der Waals surface area contributed by atoms with Gasteiger partial charge in [-0.1, -0.05) is 24.3 Å². The molecule has 0 aliphatic carbocycles. The average molecular weight is 271 g/mol. The van der Waals surface area contributed by atoms with Crippen molar-refractivity contribution in [1.82, 2.24) is 0 Å². The number of phenols is 1. The zero-order chi connectivity index (χ0) is 14.5. The van der Waals surface area contributed by atoms with Crippen LogP contribution in [0.15, 0.2) is 42.5 Å². The quantitative estimate of drug-likeness (QED) is 0.731. The summed E-state index contributed by atoms with van der Waals surface area (Å²) in [5.74, 6) is -1.35. The highest BCUT2D eigenvalue weighted by molar-refractivity contribution is 5.91. The lowest BCUT2D eigenvalue weighted by Crippen LogP contribution is -2.07. The molecule has 0 spiro atoms. The van der Waals surface area contributed by atoms with Gasteiger partial charge in [0.25, 0.3) is 0 Å². The van der Waals surface area contributed by atoms with Crippen molar-refractivity contribution in [2.75, 3.05) is 11.9 Å². The molecule has 0 aliphatic heterocycles. The second-order valence-electron chi connectivity index (χ2n) is 4.64. The Labute approximate surface area is 117 Å².